The minimum atomic E-state index is -0.0186. The average Bonchev–Trinajstić information content (AvgIpc) is 2.70. The lowest BCUT2D eigenvalue weighted by atomic mass is 10.0. The molecule has 0 aliphatic heterocycles. The summed E-state index contributed by atoms with van der Waals surface area (Å²) >= 11 is 6.22. The molecule has 2 N–H and O–H groups in total. The van der Waals surface area contributed by atoms with Gasteiger partial charge in [0.15, 0.2) is 0 Å². The van der Waals surface area contributed by atoms with Gasteiger partial charge in [-0.25, -0.2) is 0 Å². The zero-order valence-corrected chi connectivity index (χ0v) is 12.8. The number of rotatable bonds is 5. The van der Waals surface area contributed by atoms with Crippen molar-refractivity contribution in [3.8, 4) is 5.75 Å². The number of aryl methyl sites for hydroxylation is 2. The number of halogens is 1. The Bertz CT molecular complexity index is 595. The summed E-state index contributed by atoms with van der Waals surface area (Å²) in [5.41, 5.74) is 8.80. The fraction of sp³-hybridized carbons (Fsp3) is 0.400. The van der Waals surface area contributed by atoms with Gasteiger partial charge < -0.3 is 10.5 Å². The van der Waals surface area contributed by atoms with Gasteiger partial charge in [-0.2, -0.15) is 5.10 Å². The molecule has 1 heterocycles. The number of benzene rings is 1. The SMILES string of the molecule is CC[C@@H](N)c1ccccc1OCc1c(Cl)c(C)nn1C. The Morgan fingerprint density at radius 2 is 2.10 bits per heavy atom. The second-order valence-electron chi connectivity index (χ2n) is 4.81. The van der Waals surface area contributed by atoms with Crippen LogP contribution in [0, 0.1) is 6.92 Å². The first-order valence-electron chi connectivity index (χ1n) is 6.69. The third-order valence-electron chi connectivity index (χ3n) is 3.38. The number of para-hydroxylation sites is 1. The van der Waals surface area contributed by atoms with Crippen molar-refractivity contribution < 1.29 is 4.74 Å². The molecule has 2 rings (SSSR count). The Kier molecular flexibility index (Phi) is 4.68. The van der Waals surface area contributed by atoms with Crippen LogP contribution in [0.4, 0.5) is 0 Å². The lowest BCUT2D eigenvalue weighted by Crippen LogP contribution is -2.11. The summed E-state index contributed by atoms with van der Waals surface area (Å²) in [6, 6.07) is 7.83. The van der Waals surface area contributed by atoms with E-state index in [1.54, 1.807) is 4.68 Å². The van der Waals surface area contributed by atoms with Crippen LogP contribution in [0.15, 0.2) is 24.3 Å². The van der Waals surface area contributed by atoms with Crippen LogP contribution in [0.2, 0.25) is 5.02 Å². The molecule has 0 aliphatic rings. The van der Waals surface area contributed by atoms with Crippen molar-refractivity contribution in [3.05, 3.63) is 46.2 Å². The van der Waals surface area contributed by atoms with E-state index in [-0.39, 0.29) is 6.04 Å². The average molecular weight is 294 g/mol. The molecule has 20 heavy (non-hydrogen) atoms. The van der Waals surface area contributed by atoms with Gasteiger partial charge >= 0.3 is 0 Å². The van der Waals surface area contributed by atoms with Crippen LogP contribution in [0.5, 0.6) is 5.75 Å². The van der Waals surface area contributed by atoms with Crippen LogP contribution in [-0.4, -0.2) is 9.78 Å². The number of hydrogen-bond donors (Lipinski definition) is 1. The van der Waals surface area contributed by atoms with Crippen molar-refractivity contribution in [2.45, 2.75) is 32.9 Å². The van der Waals surface area contributed by atoms with Crippen LogP contribution in [0.1, 0.15) is 36.3 Å². The van der Waals surface area contributed by atoms with E-state index in [1.807, 2.05) is 38.2 Å². The second kappa shape index (κ2) is 6.29. The molecule has 1 aromatic heterocycles. The zero-order valence-electron chi connectivity index (χ0n) is 12.1. The molecule has 0 amide bonds. The topological polar surface area (TPSA) is 53.1 Å². The molecule has 1 atom stereocenters. The first-order valence-corrected chi connectivity index (χ1v) is 7.07. The van der Waals surface area contributed by atoms with Crippen LogP contribution in [-0.2, 0) is 13.7 Å². The van der Waals surface area contributed by atoms with E-state index in [4.69, 9.17) is 22.1 Å². The van der Waals surface area contributed by atoms with Gasteiger partial charge in [-0.05, 0) is 19.4 Å². The van der Waals surface area contributed by atoms with Crippen molar-refractivity contribution >= 4 is 11.6 Å². The van der Waals surface area contributed by atoms with Crippen LogP contribution < -0.4 is 10.5 Å². The van der Waals surface area contributed by atoms with E-state index in [2.05, 4.69) is 12.0 Å². The van der Waals surface area contributed by atoms with Crippen molar-refractivity contribution in [1.29, 1.82) is 0 Å². The Labute approximate surface area is 124 Å². The van der Waals surface area contributed by atoms with Crippen molar-refractivity contribution in [2.75, 3.05) is 0 Å². The van der Waals surface area contributed by atoms with E-state index < -0.39 is 0 Å². The molecular weight excluding hydrogens is 274 g/mol. The number of hydrogen-bond acceptors (Lipinski definition) is 3. The highest BCUT2D eigenvalue weighted by molar-refractivity contribution is 6.31. The molecule has 0 fully saturated rings. The maximum Gasteiger partial charge on any atom is 0.131 e. The van der Waals surface area contributed by atoms with Gasteiger partial charge in [0.2, 0.25) is 0 Å². The summed E-state index contributed by atoms with van der Waals surface area (Å²) in [4.78, 5) is 0. The number of ether oxygens (including phenoxy) is 1. The number of nitrogens with two attached hydrogens (primary N) is 1. The van der Waals surface area contributed by atoms with E-state index in [0.717, 1.165) is 29.1 Å². The minimum Gasteiger partial charge on any atom is -0.487 e. The molecule has 0 aliphatic carbocycles. The summed E-state index contributed by atoms with van der Waals surface area (Å²) in [5, 5.41) is 4.93. The van der Waals surface area contributed by atoms with Crippen LogP contribution in [0.25, 0.3) is 0 Å². The normalized spacial score (nSPS) is 12.4. The van der Waals surface area contributed by atoms with Crippen LogP contribution >= 0.6 is 11.6 Å². The van der Waals surface area contributed by atoms with Crippen LogP contribution in [0.3, 0.4) is 0 Å². The summed E-state index contributed by atoms with van der Waals surface area (Å²) in [6.07, 6.45) is 0.867. The summed E-state index contributed by atoms with van der Waals surface area (Å²) in [5.74, 6) is 0.803. The minimum absolute atomic E-state index is 0.0186. The summed E-state index contributed by atoms with van der Waals surface area (Å²) in [6.45, 7) is 4.32. The monoisotopic (exact) mass is 293 g/mol. The van der Waals surface area contributed by atoms with Gasteiger partial charge in [0.1, 0.15) is 12.4 Å². The molecule has 0 bridgehead atoms. The maximum atomic E-state index is 6.22. The van der Waals surface area contributed by atoms with Crippen molar-refractivity contribution in [1.82, 2.24) is 9.78 Å². The molecule has 2 aromatic rings. The smallest absolute Gasteiger partial charge is 0.131 e. The molecule has 0 radical (unpaired) electrons. The molecule has 0 saturated heterocycles. The summed E-state index contributed by atoms with van der Waals surface area (Å²) < 4.78 is 7.65. The number of aromatic nitrogens is 2. The maximum absolute atomic E-state index is 6.22. The molecule has 0 spiro atoms. The molecule has 5 heteroatoms. The molecular formula is C15H20ClN3O. The largest absolute Gasteiger partial charge is 0.487 e. The van der Waals surface area contributed by atoms with Crippen molar-refractivity contribution in [3.63, 3.8) is 0 Å². The molecule has 4 nitrogen and oxygen atoms in total. The Morgan fingerprint density at radius 1 is 1.40 bits per heavy atom. The van der Waals surface area contributed by atoms with Gasteiger partial charge in [-0.1, -0.05) is 36.7 Å². The van der Waals surface area contributed by atoms with Gasteiger partial charge in [-0.15, -0.1) is 0 Å². The lowest BCUT2D eigenvalue weighted by molar-refractivity contribution is 0.290. The first-order chi connectivity index (χ1) is 9.54. The zero-order chi connectivity index (χ0) is 14.7. The lowest BCUT2D eigenvalue weighted by Gasteiger charge is -2.15. The highest BCUT2D eigenvalue weighted by atomic mass is 35.5. The third-order valence-corrected chi connectivity index (χ3v) is 3.88. The second-order valence-corrected chi connectivity index (χ2v) is 5.19. The van der Waals surface area contributed by atoms with Gasteiger partial charge in [0.25, 0.3) is 0 Å². The van der Waals surface area contributed by atoms with E-state index in [0.29, 0.717) is 11.6 Å². The predicted molar refractivity (Wildman–Crippen MR) is 80.9 cm³/mol. The Hall–Kier alpha value is -1.52. The standard InChI is InChI=1S/C15H20ClN3O/c1-4-12(17)11-7-5-6-8-14(11)20-9-13-15(16)10(2)18-19(13)3/h5-8,12H,4,9,17H2,1-3H3/t12-/m1/s1. The fourth-order valence-corrected chi connectivity index (χ4v) is 2.34. The Morgan fingerprint density at radius 3 is 2.70 bits per heavy atom. The highest BCUT2D eigenvalue weighted by Gasteiger charge is 2.14. The van der Waals surface area contributed by atoms with Gasteiger partial charge in [0.05, 0.1) is 16.4 Å². The highest BCUT2D eigenvalue weighted by Crippen LogP contribution is 2.27. The molecule has 108 valence electrons. The molecule has 0 saturated carbocycles. The van der Waals surface area contributed by atoms with E-state index in [1.165, 1.54) is 0 Å². The van der Waals surface area contributed by atoms with Gasteiger partial charge in [0, 0.05) is 18.7 Å². The molecule has 0 unspecified atom stereocenters. The predicted octanol–water partition coefficient (Wildman–Crippen LogP) is 3.37. The van der Waals surface area contributed by atoms with E-state index >= 15 is 0 Å². The quantitative estimate of drug-likeness (QED) is 0.919. The van der Waals surface area contributed by atoms with Crippen molar-refractivity contribution in [2.24, 2.45) is 12.8 Å². The first kappa shape index (κ1) is 14.9. The Balaban J connectivity index is 2.19. The fourth-order valence-electron chi connectivity index (χ4n) is 2.12. The van der Waals surface area contributed by atoms with Gasteiger partial charge in [-0.3, -0.25) is 4.68 Å². The third kappa shape index (κ3) is 2.97. The molecule has 1 aromatic carbocycles. The number of nitrogens with zero attached hydrogens (tertiary/aromatic N) is 2. The van der Waals surface area contributed by atoms with E-state index in [9.17, 15) is 0 Å². The summed E-state index contributed by atoms with van der Waals surface area (Å²) in [7, 11) is 1.86.